The maximum atomic E-state index is 2.37. The summed E-state index contributed by atoms with van der Waals surface area (Å²) in [7, 11) is 0. The normalized spacial score (nSPS) is 50.6. The van der Waals surface area contributed by atoms with Gasteiger partial charge in [-0.05, 0) is 36.5 Å². The van der Waals surface area contributed by atoms with Crippen molar-refractivity contribution in [2.45, 2.75) is 33.1 Å². The van der Waals surface area contributed by atoms with Crippen molar-refractivity contribution in [2.24, 2.45) is 17.3 Å². The van der Waals surface area contributed by atoms with E-state index in [1.807, 2.05) is 0 Å². The summed E-state index contributed by atoms with van der Waals surface area (Å²) in [4.78, 5) is 0. The molecule has 0 N–H and O–H groups in total. The fourth-order valence-corrected chi connectivity index (χ4v) is 2.32. The molecule has 0 saturated heterocycles. The average molecular weight is 110 g/mol. The molecule has 0 aromatic heterocycles. The summed E-state index contributed by atoms with van der Waals surface area (Å²) < 4.78 is 0. The number of hydrogen-bond donors (Lipinski definition) is 0. The predicted octanol–water partition coefficient (Wildman–Crippen LogP) is 2.44. The molecule has 0 aromatic carbocycles. The second-order valence-electron chi connectivity index (χ2n) is 3.83. The third kappa shape index (κ3) is 0.340. The van der Waals surface area contributed by atoms with Crippen LogP contribution >= 0.6 is 0 Å². The molecular formula is C8H14. The van der Waals surface area contributed by atoms with Gasteiger partial charge in [-0.2, -0.15) is 0 Å². The molecule has 0 aromatic rings. The van der Waals surface area contributed by atoms with Crippen molar-refractivity contribution in [1.82, 2.24) is 0 Å². The van der Waals surface area contributed by atoms with E-state index >= 15 is 0 Å². The number of rotatable bonds is 1. The van der Waals surface area contributed by atoms with E-state index in [9.17, 15) is 0 Å². The van der Waals surface area contributed by atoms with E-state index in [-0.39, 0.29) is 0 Å². The van der Waals surface area contributed by atoms with Gasteiger partial charge < -0.3 is 0 Å². The summed E-state index contributed by atoms with van der Waals surface area (Å²) in [6, 6.07) is 0. The summed E-state index contributed by atoms with van der Waals surface area (Å²) in [5.41, 5.74) is 0.889. The van der Waals surface area contributed by atoms with Crippen LogP contribution in [0.1, 0.15) is 33.1 Å². The molecule has 0 amide bonds. The van der Waals surface area contributed by atoms with E-state index in [1.54, 1.807) is 6.42 Å². The van der Waals surface area contributed by atoms with Gasteiger partial charge in [0.25, 0.3) is 0 Å². The fraction of sp³-hybridized carbons (Fsp3) is 1.00. The molecule has 2 saturated carbocycles. The molecule has 2 fully saturated rings. The Labute approximate surface area is 51.3 Å². The molecule has 0 radical (unpaired) electrons. The highest BCUT2D eigenvalue weighted by atomic mass is 14.7. The summed E-state index contributed by atoms with van der Waals surface area (Å²) in [5.74, 6) is 2.14. The van der Waals surface area contributed by atoms with Crippen molar-refractivity contribution >= 4 is 0 Å². The van der Waals surface area contributed by atoms with Gasteiger partial charge in [-0.3, -0.25) is 0 Å². The van der Waals surface area contributed by atoms with Crippen LogP contribution in [0.2, 0.25) is 0 Å². The lowest BCUT2D eigenvalue weighted by molar-refractivity contribution is 0.210. The van der Waals surface area contributed by atoms with Crippen LogP contribution < -0.4 is 0 Å². The van der Waals surface area contributed by atoms with Gasteiger partial charge in [0.05, 0.1) is 0 Å². The summed E-state index contributed by atoms with van der Waals surface area (Å²) in [5, 5.41) is 0. The maximum Gasteiger partial charge on any atom is -0.0243 e. The van der Waals surface area contributed by atoms with Crippen molar-refractivity contribution in [3.63, 3.8) is 0 Å². The molecule has 2 unspecified atom stereocenters. The predicted molar refractivity (Wildman–Crippen MR) is 34.6 cm³/mol. The Morgan fingerprint density at radius 3 is 2.25 bits per heavy atom. The molecule has 2 aliphatic rings. The molecule has 46 valence electrons. The Bertz CT molecular complexity index is 111. The van der Waals surface area contributed by atoms with E-state index in [0.717, 1.165) is 11.3 Å². The summed E-state index contributed by atoms with van der Waals surface area (Å²) in [6.07, 6.45) is 4.64. The van der Waals surface area contributed by atoms with Crippen LogP contribution in [0, 0.1) is 17.3 Å². The molecule has 0 aliphatic heterocycles. The van der Waals surface area contributed by atoms with Crippen molar-refractivity contribution < 1.29 is 0 Å². The van der Waals surface area contributed by atoms with Gasteiger partial charge in [0.2, 0.25) is 0 Å². The minimum Gasteiger partial charge on any atom is -0.0622 e. The fourth-order valence-electron chi connectivity index (χ4n) is 2.32. The maximum absolute atomic E-state index is 2.37. The summed E-state index contributed by atoms with van der Waals surface area (Å²) >= 11 is 0. The Kier molecular flexibility index (Phi) is 0.678. The highest BCUT2D eigenvalue weighted by Crippen LogP contribution is 2.71. The molecule has 8 heavy (non-hydrogen) atoms. The first-order valence-electron chi connectivity index (χ1n) is 3.76. The van der Waals surface area contributed by atoms with Crippen molar-refractivity contribution in [1.29, 1.82) is 0 Å². The topological polar surface area (TPSA) is 0 Å². The first-order chi connectivity index (χ1) is 3.76. The molecule has 0 heterocycles. The van der Waals surface area contributed by atoms with E-state index < -0.39 is 0 Å². The Morgan fingerprint density at radius 2 is 2.25 bits per heavy atom. The van der Waals surface area contributed by atoms with Crippen LogP contribution in [-0.4, -0.2) is 0 Å². The quantitative estimate of drug-likeness (QED) is 0.486. The zero-order chi connectivity index (χ0) is 5.78. The number of hydrogen-bond acceptors (Lipinski definition) is 0. The van der Waals surface area contributed by atoms with E-state index in [1.165, 1.54) is 18.8 Å². The average Bonchev–Trinajstić information content (AvgIpc) is 2.10. The van der Waals surface area contributed by atoms with Gasteiger partial charge in [0.15, 0.2) is 0 Å². The summed E-state index contributed by atoms with van der Waals surface area (Å²) in [6.45, 7) is 4.75. The van der Waals surface area contributed by atoms with Gasteiger partial charge in [0, 0.05) is 0 Å². The van der Waals surface area contributed by atoms with Gasteiger partial charge >= 0.3 is 0 Å². The highest BCUT2D eigenvalue weighted by molar-refractivity contribution is 5.11. The van der Waals surface area contributed by atoms with Crippen molar-refractivity contribution in [3.8, 4) is 0 Å². The molecule has 0 spiro atoms. The van der Waals surface area contributed by atoms with Crippen LogP contribution in [0.15, 0.2) is 0 Å². The van der Waals surface area contributed by atoms with Gasteiger partial charge in [-0.25, -0.2) is 0 Å². The highest BCUT2D eigenvalue weighted by Gasteiger charge is 2.61. The zero-order valence-corrected chi connectivity index (χ0v) is 5.78. The second kappa shape index (κ2) is 1.12. The molecule has 2 aliphatic carbocycles. The number of fused-ring (bicyclic) bond motifs is 1. The molecule has 0 bridgehead atoms. The minimum absolute atomic E-state index is 0.889. The minimum atomic E-state index is 0.889. The molecule has 2 atom stereocenters. The largest absolute Gasteiger partial charge is 0.0622 e. The van der Waals surface area contributed by atoms with E-state index in [2.05, 4.69) is 13.8 Å². The first kappa shape index (κ1) is 4.84. The van der Waals surface area contributed by atoms with E-state index in [4.69, 9.17) is 0 Å². The Balaban J connectivity index is 2.07. The Hall–Kier alpha value is 0. The van der Waals surface area contributed by atoms with Crippen LogP contribution in [-0.2, 0) is 0 Å². The second-order valence-corrected chi connectivity index (χ2v) is 3.83. The Morgan fingerprint density at radius 1 is 1.50 bits per heavy atom. The van der Waals surface area contributed by atoms with Crippen LogP contribution in [0.4, 0.5) is 0 Å². The third-order valence-corrected chi connectivity index (χ3v) is 3.39. The molecule has 2 rings (SSSR count). The SMILES string of the molecule is CC(C)C12CCC1C2. The molecule has 0 nitrogen and oxygen atoms in total. The van der Waals surface area contributed by atoms with Crippen LogP contribution in [0.3, 0.4) is 0 Å². The van der Waals surface area contributed by atoms with E-state index in [0.29, 0.717) is 0 Å². The van der Waals surface area contributed by atoms with Crippen LogP contribution in [0.5, 0.6) is 0 Å². The first-order valence-corrected chi connectivity index (χ1v) is 3.76. The standard InChI is InChI=1S/C8H14/c1-6(2)8-4-3-7(8)5-8/h6-7H,3-5H2,1-2H3. The lowest BCUT2D eigenvalue weighted by Crippen LogP contribution is -2.20. The zero-order valence-electron chi connectivity index (χ0n) is 5.78. The monoisotopic (exact) mass is 110 g/mol. The van der Waals surface area contributed by atoms with Crippen LogP contribution in [0.25, 0.3) is 0 Å². The van der Waals surface area contributed by atoms with Gasteiger partial charge in [-0.15, -0.1) is 0 Å². The van der Waals surface area contributed by atoms with Crippen molar-refractivity contribution in [2.75, 3.05) is 0 Å². The van der Waals surface area contributed by atoms with Gasteiger partial charge in [0.1, 0.15) is 0 Å². The third-order valence-electron chi connectivity index (χ3n) is 3.39. The molecular weight excluding hydrogens is 96.1 g/mol. The molecule has 0 heteroatoms. The smallest absolute Gasteiger partial charge is 0.0243 e. The lowest BCUT2D eigenvalue weighted by Gasteiger charge is -2.29. The van der Waals surface area contributed by atoms with Crippen molar-refractivity contribution in [3.05, 3.63) is 0 Å². The van der Waals surface area contributed by atoms with Gasteiger partial charge in [-0.1, -0.05) is 13.8 Å². The lowest BCUT2D eigenvalue weighted by atomic mass is 9.76.